The van der Waals surface area contributed by atoms with E-state index in [0.29, 0.717) is 5.56 Å². The highest BCUT2D eigenvalue weighted by atomic mass is 16.5. The summed E-state index contributed by atoms with van der Waals surface area (Å²) >= 11 is 0. The summed E-state index contributed by atoms with van der Waals surface area (Å²) in [4.78, 5) is 13.0. The van der Waals surface area contributed by atoms with E-state index in [-0.39, 0.29) is 0 Å². The highest BCUT2D eigenvalue weighted by molar-refractivity contribution is 5.89. The van der Waals surface area contributed by atoms with E-state index < -0.39 is 24.1 Å². The summed E-state index contributed by atoms with van der Waals surface area (Å²) in [6.45, 7) is 0. The third-order valence-electron chi connectivity index (χ3n) is 5.36. The standard InChI is InChI=1S/C28H24O3/c29-26(22-15-7-2-8-16-22)25(21-13-5-1-6-14-21)27(23-17-9-3-10-18-23)31-28(30)24-19-11-4-12-20-24/h1-20,25-27,29H/t25-,26+,27+/m0/s1. The van der Waals surface area contributed by atoms with Crippen LogP contribution in [0.1, 0.15) is 45.2 Å². The summed E-state index contributed by atoms with van der Waals surface area (Å²) in [7, 11) is 0. The van der Waals surface area contributed by atoms with E-state index in [9.17, 15) is 9.90 Å². The van der Waals surface area contributed by atoms with E-state index in [2.05, 4.69) is 0 Å². The number of aliphatic hydroxyl groups is 1. The van der Waals surface area contributed by atoms with Crippen LogP contribution in [0, 0.1) is 0 Å². The molecule has 3 heteroatoms. The van der Waals surface area contributed by atoms with Gasteiger partial charge in [-0.2, -0.15) is 0 Å². The van der Waals surface area contributed by atoms with Gasteiger partial charge in [0.25, 0.3) is 0 Å². The van der Waals surface area contributed by atoms with Crippen LogP contribution in [0.4, 0.5) is 0 Å². The van der Waals surface area contributed by atoms with Crippen molar-refractivity contribution in [2.24, 2.45) is 0 Å². The number of esters is 1. The lowest BCUT2D eigenvalue weighted by Crippen LogP contribution is -2.24. The Bertz CT molecular complexity index is 1080. The molecule has 0 aliphatic heterocycles. The van der Waals surface area contributed by atoms with E-state index in [1.807, 2.05) is 109 Å². The van der Waals surface area contributed by atoms with Gasteiger partial charge < -0.3 is 9.84 Å². The minimum absolute atomic E-state index is 0.421. The first-order valence-electron chi connectivity index (χ1n) is 10.3. The van der Waals surface area contributed by atoms with Gasteiger partial charge in [0.05, 0.1) is 17.6 Å². The van der Waals surface area contributed by atoms with Gasteiger partial charge >= 0.3 is 5.97 Å². The highest BCUT2D eigenvalue weighted by Gasteiger charge is 2.35. The monoisotopic (exact) mass is 408 g/mol. The molecule has 0 fully saturated rings. The van der Waals surface area contributed by atoms with Crippen LogP contribution in [0.2, 0.25) is 0 Å². The van der Waals surface area contributed by atoms with E-state index in [0.717, 1.165) is 16.7 Å². The number of hydrogen-bond acceptors (Lipinski definition) is 3. The normalized spacial score (nSPS) is 13.7. The maximum atomic E-state index is 13.0. The van der Waals surface area contributed by atoms with Crippen molar-refractivity contribution in [2.45, 2.75) is 18.1 Å². The predicted octanol–water partition coefficient (Wildman–Crippen LogP) is 6.10. The first kappa shape index (κ1) is 20.6. The Labute approximate surface area is 182 Å². The summed E-state index contributed by atoms with van der Waals surface area (Å²) < 4.78 is 6.08. The lowest BCUT2D eigenvalue weighted by molar-refractivity contribution is 0.00146. The Hall–Kier alpha value is -3.69. The van der Waals surface area contributed by atoms with Crippen molar-refractivity contribution in [3.8, 4) is 0 Å². The minimum atomic E-state index is -0.864. The van der Waals surface area contributed by atoms with Gasteiger partial charge in [-0.15, -0.1) is 0 Å². The van der Waals surface area contributed by atoms with Gasteiger partial charge in [0.15, 0.2) is 0 Å². The van der Waals surface area contributed by atoms with Gasteiger partial charge in [0.2, 0.25) is 0 Å². The number of benzene rings is 4. The average molecular weight is 408 g/mol. The van der Waals surface area contributed by atoms with Crippen LogP contribution >= 0.6 is 0 Å². The van der Waals surface area contributed by atoms with Gasteiger partial charge in [-0.3, -0.25) is 0 Å². The average Bonchev–Trinajstić information content (AvgIpc) is 2.85. The van der Waals surface area contributed by atoms with Crippen LogP contribution in [0.25, 0.3) is 0 Å². The van der Waals surface area contributed by atoms with Gasteiger partial charge in [-0.1, -0.05) is 109 Å². The van der Waals surface area contributed by atoms with Crippen molar-refractivity contribution in [3.63, 3.8) is 0 Å². The summed E-state index contributed by atoms with van der Waals surface area (Å²) in [6.07, 6.45) is -1.54. The quantitative estimate of drug-likeness (QED) is 0.376. The fraction of sp³-hybridized carbons (Fsp3) is 0.107. The Morgan fingerprint density at radius 1 is 0.581 bits per heavy atom. The molecule has 4 aromatic carbocycles. The Kier molecular flexibility index (Phi) is 6.56. The summed E-state index contributed by atoms with van der Waals surface area (Å²) in [5.74, 6) is -0.908. The SMILES string of the molecule is O=C(O[C@H](c1ccccc1)[C@@H](c1ccccc1)[C@H](O)c1ccccc1)c1ccccc1. The molecule has 0 aliphatic rings. The van der Waals surface area contributed by atoms with Crippen molar-refractivity contribution in [1.82, 2.24) is 0 Å². The van der Waals surface area contributed by atoms with Crippen molar-refractivity contribution in [1.29, 1.82) is 0 Å². The molecule has 0 aliphatic carbocycles. The molecule has 0 aromatic heterocycles. The molecule has 4 aromatic rings. The molecule has 1 N–H and O–H groups in total. The number of carbonyl (C=O) groups is 1. The molecule has 3 nitrogen and oxygen atoms in total. The van der Waals surface area contributed by atoms with Gasteiger partial charge in [-0.25, -0.2) is 4.79 Å². The predicted molar refractivity (Wildman–Crippen MR) is 122 cm³/mol. The summed E-state index contributed by atoms with van der Waals surface area (Å²) in [6, 6.07) is 37.7. The number of ether oxygens (including phenoxy) is 1. The summed E-state index contributed by atoms with van der Waals surface area (Å²) in [5.41, 5.74) is 2.97. The van der Waals surface area contributed by atoms with Crippen LogP contribution in [0.5, 0.6) is 0 Å². The molecule has 0 heterocycles. The molecule has 0 amide bonds. The molecule has 4 rings (SSSR count). The van der Waals surface area contributed by atoms with Crippen LogP contribution in [0.15, 0.2) is 121 Å². The van der Waals surface area contributed by atoms with Crippen molar-refractivity contribution in [2.75, 3.05) is 0 Å². The molecule has 0 saturated heterocycles. The molecule has 0 saturated carbocycles. The van der Waals surface area contributed by atoms with Crippen molar-refractivity contribution >= 4 is 5.97 Å². The van der Waals surface area contributed by atoms with E-state index in [1.54, 1.807) is 12.1 Å². The van der Waals surface area contributed by atoms with Gasteiger partial charge in [0.1, 0.15) is 6.10 Å². The van der Waals surface area contributed by atoms with Crippen molar-refractivity contribution in [3.05, 3.63) is 144 Å². The molecular weight excluding hydrogens is 384 g/mol. The molecule has 154 valence electrons. The first-order valence-corrected chi connectivity index (χ1v) is 10.3. The fourth-order valence-electron chi connectivity index (χ4n) is 3.80. The topological polar surface area (TPSA) is 46.5 Å². The second kappa shape index (κ2) is 9.88. The zero-order chi connectivity index (χ0) is 21.5. The molecule has 0 radical (unpaired) electrons. The maximum absolute atomic E-state index is 13.0. The molecule has 3 atom stereocenters. The lowest BCUT2D eigenvalue weighted by Gasteiger charge is -2.32. The Balaban J connectivity index is 1.79. The molecular formula is C28H24O3. The number of rotatable bonds is 7. The van der Waals surface area contributed by atoms with Crippen LogP contribution < -0.4 is 0 Å². The maximum Gasteiger partial charge on any atom is 0.338 e. The molecule has 0 spiro atoms. The zero-order valence-corrected chi connectivity index (χ0v) is 17.0. The second-order valence-electron chi connectivity index (χ2n) is 7.39. The highest BCUT2D eigenvalue weighted by Crippen LogP contribution is 2.43. The smallest absolute Gasteiger partial charge is 0.338 e. The summed E-state index contributed by atoms with van der Waals surface area (Å²) in [5, 5.41) is 11.5. The van der Waals surface area contributed by atoms with E-state index in [1.165, 1.54) is 0 Å². The molecule has 0 unspecified atom stereocenters. The first-order chi connectivity index (χ1) is 15.2. The van der Waals surface area contributed by atoms with Gasteiger partial charge in [0, 0.05) is 0 Å². The van der Waals surface area contributed by atoms with Gasteiger partial charge in [-0.05, 0) is 28.8 Å². The van der Waals surface area contributed by atoms with Crippen molar-refractivity contribution < 1.29 is 14.6 Å². The zero-order valence-electron chi connectivity index (χ0n) is 17.0. The van der Waals surface area contributed by atoms with E-state index >= 15 is 0 Å². The van der Waals surface area contributed by atoms with Crippen LogP contribution in [0.3, 0.4) is 0 Å². The van der Waals surface area contributed by atoms with Crippen LogP contribution in [-0.4, -0.2) is 11.1 Å². The lowest BCUT2D eigenvalue weighted by atomic mass is 9.82. The largest absolute Gasteiger partial charge is 0.453 e. The third kappa shape index (κ3) is 4.90. The third-order valence-corrected chi connectivity index (χ3v) is 5.36. The fourth-order valence-corrected chi connectivity index (χ4v) is 3.80. The molecule has 0 bridgehead atoms. The number of aliphatic hydroxyl groups excluding tert-OH is 1. The number of carbonyl (C=O) groups excluding carboxylic acids is 1. The van der Waals surface area contributed by atoms with E-state index in [4.69, 9.17) is 4.74 Å². The molecule has 31 heavy (non-hydrogen) atoms. The second-order valence-corrected chi connectivity index (χ2v) is 7.39. The van der Waals surface area contributed by atoms with Crippen LogP contribution in [-0.2, 0) is 4.74 Å². The Morgan fingerprint density at radius 3 is 1.52 bits per heavy atom. The Morgan fingerprint density at radius 2 is 1.00 bits per heavy atom. The minimum Gasteiger partial charge on any atom is -0.453 e. The number of hydrogen-bond donors (Lipinski definition) is 1.